The van der Waals surface area contributed by atoms with Crippen LogP contribution in [-0.2, 0) is 13.5 Å². The van der Waals surface area contributed by atoms with Gasteiger partial charge in [-0.3, -0.25) is 16.0 Å². The van der Waals surface area contributed by atoms with Crippen LogP contribution in [0, 0.1) is 20.8 Å². The molecule has 0 aliphatic rings. The van der Waals surface area contributed by atoms with Gasteiger partial charge in [0.25, 0.3) is 0 Å². The molecule has 0 bridgehead atoms. The van der Waals surface area contributed by atoms with Crippen molar-refractivity contribution in [3.8, 4) is 0 Å². The molecule has 4 nitrogen and oxygen atoms in total. The maximum absolute atomic E-state index is 6.32. The van der Waals surface area contributed by atoms with Crippen LogP contribution in [0.5, 0.6) is 0 Å². The fourth-order valence-electron chi connectivity index (χ4n) is 2.49. The monoisotopic (exact) mass is 292 g/mol. The largest absolute Gasteiger partial charge is 0.271 e. The summed E-state index contributed by atoms with van der Waals surface area (Å²) < 4.78 is 1.83. The van der Waals surface area contributed by atoms with E-state index in [0.29, 0.717) is 6.42 Å². The summed E-state index contributed by atoms with van der Waals surface area (Å²) in [4.78, 5) is 0. The summed E-state index contributed by atoms with van der Waals surface area (Å²) >= 11 is 6.32. The van der Waals surface area contributed by atoms with E-state index in [9.17, 15) is 0 Å². The number of nitrogens with one attached hydrogen (secondary N) is 1. The Morgan fingerprint density at radius 2 is 2.05 bits per heavy atom. The molecule has 0 fully saturated rings. The molecule has 0 radical (unpaired) electrons. The van der Waals surface area contributed by atoms with Crippen LogP contribution in [0.1, 0.15) is 34.1 Å². The lowest BCUT2D eigenvalue weighted by Crippen LogP contribution is -2.30. The molecule has 1 aromatic carbocycles. The first-order valence-corrected chi connectivity index (χ1v) is 7.03. The highest BCUT2D eigenvalue weighted by molar-refractivity contribution is 6.31. The molecule has 0 saturated carbocycles. The Morgan fingerprint density at radius 1 is 1.35 bits per heavy atom. The van der Waals surface area contributed by atoms with Crippen LogP contribution < -0.4 is 11.3 Å². The molecule has 5 heteroatoms. The molecule has 2 aromatic rings. The van der Waals surface area contributed by atoms with Gasteiger partial charge in [0.15, 0.2) is 0 Å². The van der Waals surface area contributed by atoms with Gasteiger partial charge in [0, 0.05) is 13.5 Å². The third-order valence-electron chi connectivity index (χ3n) is 3.67. The molecule has 2 rings (SSSR count). The molecule has 108 valence electrons. The number of hydrogen-bond donors (Lipinski definition) is 2. The molecule has 0 spiro atoms. The first-order chi connectivity index (χ1) is 9.43. The van der Waals surface area contributed by atoms with Gasteiger partial charge < -0.3 is 0 Å². The second-order valence-corrected chi connectivity index (χ2v) is 5.63. The molecule has 20 heavy (non-hydrogen) atoms. The van der Waals surface area contributed by atoms with Crippen molar-refractivity contribution in [1.82, 2.24) is 15.2 Å². The lowest BCUT2D eigenvalue weighted by molar-refractivity contribution is 0.527. The first-order valence-electron chi connectivity index (χ1n) is 6.65. The minimum atomic E-state index is 0.0159. The summed E-state index contributed by atoms with van der Waals surface area (Å²) in [5.41, 5.74) is 8.37. The van der Waals surface area contributed by atoms with Crippen molar-refractivity contribution in [2.75, 3.05) is 0 Å². The zero-order valence-electron chi connectivity index (χ0n) is 12.4. The van der Waals surface area contributed by atoms with E-state index in [2.05, 4.69) is 42.6 Å². The quantitative estimate of drug-likeness (QED) is 0.673. The summed E-state index contributed by atoms with van der Waals surface area (Å²) in [5.74, 6) is 5.76. The first kappa shape index (κ1) is 15.0. The topological polar surface area (TPSA) is 55.9 Å². The van der Waals surface area contributed by atoms with Crippen molar-refractivity contribution in [2.45, 2.75) is 33.2 Å². The van der Waals surface area contributed by atoms with Crippen LogP contribution in [0.4, 0.5) is 0 Å². The SMILES string of the molecule is Cc1ccc(C)c(C(Cc2c(Cl)c(C)nn2C)NN)c1. The van der Waals surface area contributed by atoms with Crippen molar-refractivity contribution in [2.24, 2.45) is 12.9 Å². The summed E-state index contributed by atoms with van der Waals surface area (Å²) in [6, 6.07) is 6.40. The van der Waals surface area contributed by atoms with Crippen LogP contribution in [0.2, 0.25) is 5.02 Å². The molecule has 1 unspecified atom stereocenters. The zero-order valence-corrected chi connectivity index (χ0v) is 13.1. The Morgan fingerprint density at radius 3 is 2.60 bits per heavy atom. The molecule has 0 aliphatic carbocycles. The lowest BCUT2D eigenvalue weighted by atomic mass is 9.96. The van der Waals surface area contributed by atoms with Crippen LogP contribution >= 0.6 is 11.6 Å². The van der Waals surface area contributed by atoms with Gasteiger partial charge in [-0.25, -0.2) is 0 Å². The predicted molar refractivity (Wildman–Crippen MR) is 82.6 cm³/mol. The van der Waals surface area contributed by atoms with Crippen molar-refractivity contribution < 1.29 is 0 Å². The summed E-state index contributed by atoms with van der Waals surface area (Å²) in [5, 5.41) is 5.07. The number of nitrogens with zero attached hydrogens (tertiary/aromatic N) is 2. The zero-order chi connectivity index (χ0) is 14.9. The highest BCUT2D eigenvalue weighted by Crippen LogP contribution is 2.27. The van der Waals surface area contributed by atoms with Crippen LogP contribution in [0.25, 0.3) is 0 Å². The minimum absolute atomic E-state index is 0.0159. The van der Waals surface area contributed by atoms with E-state index >= 15 is 0 Å². The standard InChI is InChI=1S/C15H21ClN4/c1-9-5-6-10(2)12(7-9)13(18-17)8-14-15(16)11(3)19-20(14)4/h5-7,13,18H,8,17H2,1-4H3. The predicted octanol–water partition coefficient (Wildman–Crippen LogP) is 2.75. The molecule has 1 heterocycles. The van der Waals surface area contributed by atoms with Gasteiger partial charge in [-0.1, -0.05) is 35.4 Å². The van der Waals surface area contributed by atoms with Crippen LogP contribution in [-0.4, -0.2) is 9.78 Å². The fraction of sp³-hybridized carbons (Fsp3) is 0.400. The van der Waals surface area contributed by atoms with Gasteiger partial charge in [0.05, 0.1) is 22.5 Å². The van der Waals surface area contributed by atoms with E-state index in [-0.39, 0.29) is 6.04 Å². The maximum Gasteiger partial charge on any atom is 0.0847 e. The normalized spacial score (nSPS) is 12.7. The third-order valence-corrected chi connectivity index (χ3v) is 4.16. The van der Waals surface area contributed by atoms with E-state index in [4.69, 9.17) is 17.4 Å². The Balaban J connectivity index is 2.36. The van der Waals surface area contributed by atoms with E-state index in [1.165, 1.54) is 16.7 Å². The smallest absolute Gasteiger partial charge is 0.0847 e. The Bertz CT molecular complexity index is 619. The van der Waals surface area contributed by atoms with Crippen molar-refractivity contribution in [3.63, 3.8) is 0 Å². The second-order valence-electron chi connectivity index (χ2n) is 5.25. The highest BCUT2D eigenvalue weighted by Gasteiger charge is 2.19. The second kappa shape index (κ2) is 5.95. The number of benzene rings is 1. The van der Waals surface area contributed by atoms with Crippen molar-refractivity contribution in [3.05, 3.63) is 51.3 Å². The highest BCUT2D eigenvalue weighted by atomic mass is 35.5. The number of aryl methyl sites for hydroxylation is 4. The molecule has 0 saturated heterocycles. The van der Waals surface area contributed by atoms with Crippen LogP contribution in [0.3, 0.4) is 0 Å². The van der Waals surface area contributed by atoms with Gasteiger partial charge in [-0.05, 0) is 31.9 Å². The molecule has 3 N–H and O–H groups in total. The Kier molecular flexibility index (Phi) is 4.48. The number of rotatable bonds is 4. The van der Waals surface area contributed by atoms with Gasteiger partial charge in [-0.15, -0.1) is 0 Å². The van der Waals surface area contributed by atoms with Gasteiger partial charge in [-0.2, -0.15) is 5.10 Å². The van der Waals surface area contributed by atoms with Gasteiger partial charge in [0.2, 0.25) is 0 Å². The third kappa shape index (κ3) is 2.87. The number of aromatic nitrogens is 2. The molecule has 0 amide bonds. The summed E-state index contributed by atoms with van der Waals surface area (Å²) in [7, 11) is 1.91. The van der Waals surface area contributed by atoms with Gasteiger partial charge >= 0.3 is 0 Å². The van der Waals surface area contributed by atoms with Crippen molar-refractivity contribution >= 4 is 11.6 Å². The van der Waals surface area contributed by atoms with E-state index in [0.717, 1.165) is 16.4 Å². The maximum atomic E-state index is 6.32. The van der Waals surface area contributed by atoms with E-state index in [1.807, 2.05) is 18.7 Å². The van der Waals surface area contributed by atoms with E-state index in [1.54, 1.807) is 0 Å². The molecular weight excluding hydrogens is 272 g/mol. The van der Waals surface area contributed by atoms with Gasteiger partial charge in [0.1, 0.15) is 0 Å². The number of hydrogen-bond acceptors (Lipinski definition) is 3. The molecule has 1 atom stereocenters. The van der Waals surface area contributed by atoms with E-state index < -0.39 is 0 Å². The fourth-order valence-corrected chi connectivity index (χ4v) is 2.73. The number of nitrogens with two attached hydrogens (primary N) is 1. The number of hydrazine groups is 1. The lowest BCUT2D eigenvalue weighted by Gasteiger charge is -2.19. The minimum Gasteiger partial charge on any atom is -0.271 e. The summed E-state index contributed by atoms with van der Waals surface area (Å²) in [6.07, 6.45) is 0.705. The average Bonchev–Trinajstić information content (AvgIpc) is 2.65. The summed E-state index contributed by atoms with van der Waals surface area (Å²) in [6.45, 7) is 6.08. The average molecular weight is 293 g/mol. The molecular formula is C15H21ClN4. The number of halogens is 1. The molecule has 0 aliphatic heterocycles. The van der Waals surface area contributed by atoms with Crippen molar-refractivity contribution in [1.29, 1.82) is 0 Å². The Hall–Kier alpha value is -1.36. The molecule has 1 aromatic heterocycles. The Labute approximate surface area is 124 Å². The van der Waals surface area contributed by atoms with Crippen LogP contribution in [0.15, 0.2) is 18.2 Å².